The van der Waals surface area contributed by atoms with Crippen molar-refractivity contribution in [3.05, 3.63) is 81.3 Å². The normalized spacial score (nSPS) is 12.0. The van der Waals surface area contributed by atoms with Gasteiger partial charge >= 0.3 is 0 Å². The van der Waals surface area contributed by atoms with Crippen LogP contribution in [0.2, 0.25) is 0 Å². The number of nitrogens with zero attached hydrogens (tertiary/aromatic N) is 2. The SMILES string of the molecule is CC=N/C(=C\C(C(=O)Nc1cc(C(C)(C)C)cc(NC(=O)CCCCC)c1C)=C(/C)CC)C(=O)Nc1cc(C(C)(C)C)ccc1SCCNC(N)=C(C)CC.CCCN=C(N)N.CNC.NCCCCC=O. The fraction of sp³-hybridized carbons (Fsp3) is 0.571. The first-order valence-corrected chi connectivity index (χ1v) is 26.6. The molecular formula is C56H97N11O4S. The van der Waals surface area contributed by atoms with Crippen LogP contribution in [-0.2, 0) is 30.0 Å². The van der Waals surface area contributed by atoms with Crippen molar-refractivity contribution in [2.75, 3.05) is 55.4 Å². The summed E-state index contributed by atoms with van der Waals surface area (Å²) in [5.74, 6) is 0.770. The van der Waals surface area contributed by atoms with Gasteiger partial charge < -0.3 is 54.3 Å². The predicted octanol–water partition coefficient (Wildman–Crippen LogP) is 10.5. The van der Waals surface area contributed by atoms with Crippen LogP contribution in [0.3, 0.4) is 0 Å². The largest absolute Gasteiger partial charge is 0.386 e. The molecule has 0 saturated carbocycles. The molecule has 15 nitrogen and oxygen atoms in total. The van der Waals surface area contributed by atoms with Crippen LogP contribution in [0, 0.1) is 6.92 Å². The monoisotopic (exact) mass is 1020 g/mol. The van der Waals surface area contributed by atoms with Gasteiger partial charge in [-0.25, -0.2) is 0 Å². The molecule has 2 aromatic rings. The van der Waals surface area contributed by atoms with Gasteiger partial charge in [0.05, 0.1) is 11.5 Å². The number of aliphatic imine (C=N–C) groups is 2. The molecule has 16 heteroatoms. The Morgan fingerprint density at radius 3 is 1.81 bits per heavy atom. The van der Waals surface area contributed by atoms with Crippen LogP contribution in [-0.4, -0.2) is 75.7 Å². The van der Waals surface area contributed by atoms with Crippen molar-refractivity contribution in [3.8, 4) is 0 Å². The highest BCUT2D eigenvalue weighted by atomic mass is 32.2. The van der Waals surface area contributed by atoms with Gasteiger partial charge in [0.1, 0.15) is 12.0 Å². The Bertz CT molecular complexity index is 2110. The Balaban J connectivity index is 0. The molecule has 0 aliphatic heterocycles. The van der Waals surface area contributed by atoms with Crippen molar-refractivity contribution in [1.29, 1.82) is 0 Å². The molecule has 0 aromatic heterocycles. The topological polar surface area (TPSA) is 257 Å². The summed E-state index contributed by atoms with van der Waals surface area (Å²) in [6.45, 7) is 30.5. The molecule has 406 valence electrons. The molecule has 2 rings (SSSR count). The van der Waals surface area contributed by atoms with E-state index in [0.29, 0.717) is 60.8 Å². The summed E-state index contributed by atoms with van der Waals surface area (Å²) in [7, 11) is 3.75. The van der Waals surface area contributed by atoms with Crippen LogP contribution in [0.15, 0.2) is 79.5 Å². The van der Waals surface area contributed by atoms with Gasteiger partial charge in [-0.05, 0) is 150 Å². The third kappa shape index (κ3) is 29.2. The minimum Gasteiger partial charge on any atom is -0.386 e. The van der Waals surface area contributed by atoms with E-state index in [2.05, 4.69) is 98.0 Å². The fourth-order valence-corrected chi connectivity index (χ4v) is 6.92. The zero-order valence-electron chi connectivity index (χ0n) is 47.3. The number of rotatable bonds is 24. The molecule has 0 radical (unpaired) electrons. The highest BCUT2D eigenvalue weighted by Crippen LogP contribution is 2.35. The van der Waals surface area contributed by atoms with E-state index in [0.717, 1.165) is 96.3 Å². The summed E-state index contributed by atoms with van der Waals surface area (Å²) in [5, 5.41) is 15.4. The number of nitrogens with two attached hydrogens (primary N) is 4. The molecule has 0 atom stereocenters. The molecule has 3 amide bonds. The molecule has 0 heterocycles. The second-order valence-electron chi connectivity index (χ2n) is 19.4. The van der Waals surface area contributed by atoms with Gasteiger partial charge in [0, 0.05) is 59.7 Å². The van der Waals surface area contributed by atoms with E-state index in [9.17, 15) is 19.2 Å². The van der Waals surface area contributed by atoms with E-state index < -0.39 is 5.91 Å². The number of hydrogen-bond acceptors (Lipinski definition) is 11. The molecule has 72 heavy (non-hydrogen) atoms. The average molecular weight is 1020 g/mol. The minimum atomic E-state index is -0.428. The van der Waals surface area contributed by atoms with Crippen molar-refractivity contribution in [2.45, 2.75) is 177 Å². The highest BCUT2D eigenvalue weighted by molar-refractivity contribution is 7.99. The lowest BCUT2D eigenvalue weighted by Crippen LogP contribution is -2.24. The van der Waals surface area contributed by atoms with E-state index >= 15 is 0 Å². The van der Waals surface area contributed by atoms with Gasteiger partial charge in [-0.3, -0.25) is 24.4 Å². The smallest absolute Gasteiger partial charge is 0.274 e. The first-order valence-electron chi connectivity index (χ1n) is 25.6. The Labute approximate surface area is 439 Å². The van der Waals surface area contributed by atoms with Gasteiger partial charge in [-0.2, -0.15) is 0 Å². The lowest BCUT2D eigenvalue weighted by Gasteiger charge is -2.24. The van der Waals surface area contributed by atoms with Crippen LogP contribution in [0.1, 0.15) is 171 Å². The van der Waals surface area contributed by atoms with Crippen LogP contribution >= 0.6 is 11.8 Å². The molecule has 0 aliphatic rings. The van der Waals surface area contributed by atoms with Gasteiger partial charge in [-0.1, -0.05) is 93.7 Å². The van der Waals surface area contributed by atoms with Crippen molar-refractivity contribution in [3.63, 3.8) is 0 Å². The van der Waals surface area contributed by atoms with Crippen LogP contribution in [0.4, 0.5) is 17.1 Å². The van der Waals surface area contributed by atoms with Crippen LogP contribution in [0.25, 0.3) is 0 Å². The summed E-state index contributed by atoms with van der Waals surface area (Å²) in [6.07, 6.45) is 12.4. The highest BCUT2D eigenvalue weighted by Gasteiger charge is 2.23. The number of nitrogens with one attached hydrogen (secondary N) is 5. The Morgan fingerprint density at radius 1 is 0.750 bits per heavy atom. The van der Waals surface area contributed by atoms with E-state index in [-0.39, 0.29) is 34.3 Å². The fourth-order valence-electron chi connectivity index (χ4n) is 6.06. The number of unbranched alkanes of at least 4 members (excludes halogenated alkanes) is 4. The Hall–Kier alpha value is -5.45. The quantitative estimate of drug-likeness (QED) is 0.00909. The molecular weight excluding hydrogens is 923 g/mol. The zero-order valence-corrected chi connectivity index (χ0v) is 48.1. The number of aldehydes is 1. The van der Waals surface area contributed by atoms with Crippen molar-refractivity contribution >= 4 is 65.0 Å². The molecule has 0 saturated heterocycles. The second-order valence-corrected chi connectivity index (χ2v) is 20.5. The molecule has 0 unspecified atom stereocenters. The number of thioether (sulfide) groups is 1. The van der Waals surface area contributed by atoms with E-state index in [4.69, 9.17) is 22.9 Å². The Kier molecular flexibility index (Phi) is 36.4. The number of anilines is 3. The van der Waals surface area contributed by atoms with Gasteiger partial charge in [0.15, 0.2) is 5.96 Å². The van der Waals surface area contributed by atoms with Crippen molar-refractivity contribution in [1.82, 2.24) is 10.6 Å². The number of benzene rings is 2. The second kappa shape index (κ2) is 38.2. The summed E-state index contributed by atoms with van der Waals surface area (Å²) < 4.78 is 0. The van der Waals surface area contributed by atoms with Gasteiger partial charge in [-0.15, -0.1) is 11.8 Å². The third-order valence-corrected chi connectivity index (χ3v) is 11.9. The lowest BCUT2D eigenvalue weighted by atomic mass is 9.85. The lowest BCUT2D eigenvalue weighted by molar-refractivity contribution is -0.116. The maximum atomic E-state index is 14.2. The van der Waals surface area contributed by atoms with E-state index in [1.165, 1.54) is 0 Å². The molecule has 0 spiro atoms. The molecule has 0 fully saturated rings. The van der Waals surface area contributed by atoms with Crippen LogP contribution in [0.5, 0.6) is 0 Å². The number of hydrogen-bond donors (Lipinski definition) is 9. The number of allylic oxidation sites excluding steroid dienone is 2. The molecule has 2 aromatic carbocycles. The minimum absolute atomic E-state index is 0.0477. The summed E-state index contributed by atoms with van der Waals surface area (Å²) >= 11 is 1.62. The van der Waals surface area contributed by atoms with Crippen molar-refractivity contribution in [2.24, 2.45) is 32.9 Å². The number of carbonyl (C=O) groups excluding carboxylic acids is 4. The molecule has 0 aliphatic carbocycles. The average Bonchev–Trinajstić information content (AvgIpc) is 3.32. The Morgan fingerprint density at radius 2 is 1.32 bits per heavy atom. The van der Waals surface area contributed by atoms with E-state index in [1.54, 1.807) is 31.0 Å². The maximum Gasteiger partial charge on any atom is 0.274 e. The first-order chi connectivity index (χ1) is 33.9. The molecule has 13 N–H and O–H groups in total. The standard InChI is InChI=1S/C45H68N6O3S.C5H11NO.C4H11N3.C2H7N/c1-14-18-19-20-40(52)49-35-26-33(45(11,12)13)27-36(31(35)7)50-42(53)34(29(5)15-2)28-38(47-17-4)43(54)51-37-25-32(44(8,9)10)21-22-39(37)55-24-23-48-41(46)30(6)16-3;6-4-2-1-3-5-7;1-2-3-7-4(5)6;1-3-2/h17,21-22,25-28,48H,14-16,18-20,23-24,46H2,1-13H3,(H,49,52)(H,50,53)(H,51,54);5H,1-4,6H2;2-3H2,1H3,(H4,5,6,7);3H,1-2H3/b34-29-,38-28-,41-30?,47-17?;;;. The number of carbonyl (C=O) groups is 4. The summed E-state index contributed by atoms with van der Waals surface area (Å²) in [6, 6.07) is 10.1. The van der Waals surface area contributed by atoms with Crippen LogP contribution < -0.4 is 49.5 Å². The predicted molar refractivity (Wildman–Crippen MR) is 311 cm³/mol. The summed E-state index contributed by atoms with van der Waals surface area (Å²) in [4.78, 5) is 59.9. The number of amides is 3. The van der Waals surface area contributed by atoms with Gasteiger partial charge in [0.2, 0.25) is 5.91 Å². The zero-order chi connectivity index (χ0) is 55.5. The first kappa shape index (κ1) is 68.6. The third-order valence-electron chi connectivity index (χ3n) is 10.9. The maximum absolute atomic E-state index is 14.2. The number of guanidine groups is 1. The van der Waals surface area contributed by atoms with Crippen molar-refractivity contribution < 1.29 is 19.2 Å². The summed E-state index contributed by atoms with van der Waals surface area (Å²) in [5.41, 5.74) is 28.1. The van der Waals surface area contributed by atoms with E-state index in [1.807, 2.05) is 73.0 Å². The van der Waals surface area contributed by atoms with Gasteiger partial charge in [0.25, 0.3) is 11.8 Å². The molecule has 0 bridgehead atoms.